The Balaban J connectivity index is 1.53. The average Bonchev–Trinajstić information content (AvgIpc) is 2.83. The Morgan fingerprint density at radius 1 is 1.03 bits per heavy atom. The van der Waals surface area contributed by atoms with Gasteiger partial charge in [-0.1, -0.05) is 24.8 Å². The summed E-state index contributed by atoms with van der Waals surface area (Å²) >= 11 is 0. The van der Waals surface area contributed by atoms with E-state index in [1.807, 2.05) is 29.2 Å². The summed E-state index contributed by atoms with van der Waals surface area (Å²) in [4.78, 5) is 21.6. The lowest BCUT2D eigenvalue weighted by molar-refractivity contribution is -0.00485. The van der Waals surface area contributed by atoms with E-state index in [9.17, 15) is 5.11 Å². The number of rotatable bonds is 4. The third-order valence-corrected chi connectivity index (χ3v) is 5.27. The number of nitrogens with zero attached hydrogens (tertiary/aromatic N) is 6. The maximum absolute atomic E-state index is 10.7. The van der Waals surface area contributed by atoms with Crippen molar-refractivity contribution in [3.63, 3.8) is 0 Å². The highest BCUT2D eigenvalue weighted by Crippen LogP contribution is 2.24. The van der Waals surface area contributed by atoms with E-state index in [0.717, 1.165) is 42.1 Å². The molecule has 1 atom stereocenters. The van der Waals surface area contributed by atoms with Gasteiger partial charge in [0.25, 0.3) is 0 Å². The first-order valence-electron chi connectivity index (χ1n) is 10.3. The van der Waals surface area contributed by atoms with Crippen LogP contribution in [0.4, 0.5) is 11.6 Å². The molecule has 0 aliphatic carbocycles. The van der Waals surface area contributed by atoms with E-state index >= 15 is 0 Å². The van der Waals surface area contributed by atoms with E-state index in [1.165, 1.54) is 0 Å². The van der Waals surface area contributed by atoms with Crippen LogP contribution in [0.15, 0.2) is 49.1 Å². The highest BCUT2D eigenvalue weighted by molar-refractivity contribution is 5.59. The molecule has 0 saturated carbocycles. The van der Waals surface area contributed by atoms with Gasteiger partial charge in [-0.2, -0.15) is 0 Å². The first-order chi connectivity index (χ1) is 15.2. The Labute approximate surface area is 181 Å². The summed E-state index contributed by atoms with van der Waals surface area (Å²) < 4.78 is 0. The van der Waals surface area contributed by atoms with Gasteiger partial charge in [-0.25, -0.2) is 15.0 Å². The maximum Gasteiger partial charge on any atom is 0.150 e. The number of aromatic nitrogens is 4. The minimum Gasteiger partial charge on any atom is -0.384 e. The zero-order valence-electron chi connectivity index (χ0n) is 17.4. The number of piperazine rings is 1. The predicted molar refractivity (Wildman–Crippen MR) is 119 cm³/mol. The molecule has 1 aliphatic heterocycles. The van der Waals surface area contributed by atoms with Gasteiger partial charge in [0.05, 0.1) is 17.0 Å². The van der Waals surface area contributed by atoms with Crippen molar-refractivity contribution >= 4 is 11.6 Å². The van der Waals surface area contributed by atoms with Gasteiger partial charge in [0.15, 0.2) is 6.23 Å². The van der Waals surface area contributed by atoms with Crippen LogP contribution in [0.1, 0.15) is 35.7 Å². The van der Waals surface area contributed by atoms with Gasteiger partial charge in [0.1, 0.15) is 18.0 Å². The lowest BCUT2D eigenvalue weighted by Gasteiger charge is -2.37. The molecule has 31 heavy (non-hydrogen) atoms. The first kappa shape index (κ1) is 20.7. The summed E-state index contributed by atoms with van der Waals surface area (Å²) in [5.74, 6) is 7.71. The average molecular weight is 416 g/mol. The van der Waals surface area contributed by atoms with Crippen LogP contribution in [-0.2, 0) is 6.42 Å². The molecule has 0 radical (unpaired) electrons. The predicted octanol–water partition coefficient (Wildman–Crippen LogP) is 1.62. The van der Waals surface area contributed by atoms with Gasteiger partial charge in [-0.05, 0) is 30.7 Å². The van der Waals surface area contributed by atoms with Gasteiger partial charge in [0, 0.05) is 44.1 Å². The van der Waals surface area contributed by atoms with Gasteiger partial charge in [-0.3, -0.25) is 9.88 Å². The molecule has 1 saturated heterocycles. The fourth-order valence-corrected chi connectivity index (χ4v) is 3.56. The topological polar surface area (TPSA) is 104 Å². The smallest absolute Gasteiger partial charge is 0.150 e. The zero-order chi connectivity index (χ0) is 21.6. The minimum atomic E-state index is -0.711. The summed E-state index contributed by atoms with van der Waals surface area (Å²) in [5, 5.41) is 10.7. The molecule has 4 heterocycles. The van der Waals surface area contributed by atoms with E-state index in [1.54, 1.807) is 24.8 Å². The number of anilines is 2. The Morgan fingerprint density at radius 3 is 2.55 bits per heavy atom. The highest BCUT2D eigenvalue weighted by Gasteiger charge is 2.26. The largest absolute Gasteiger partial charge is 0.384 e. The van der Waals surface area contributed by atoms with Crippen LogP contribution in [0.3, 0.4) is 0 Å². The lowest BCUT2D eigenvalue weighted by Crippen LogP contribution is -2.48. The molecule has 0 aromatic carbocycles. The lowest BCUT2D eigenvalue weighted by atomic mass is 10.1. The molecular formula is C23H25N7O. The molecule has 158 valence electrons. The third-order valence-electron chi connectivity index (χ3n) is 5.27. The summed E-state index contributed by atoms with van der Waals surface area (Å²) in [6.45, 7) is 4.89. The SMILES string of the molecule is CCc1ncnc(N2CCN(C(O)c3ccccn3)CC2)c1C#Cc1ccc(N)nc1. The van der Waals surface area contributed by atoms with Crippen molar-refractivity contribution < 1.29 is 5.11 Å². The second-order valence-corrected chi connectivity index (χ2v) is 7.25. The van der Waals surface area contributed by atoms with E-state index in [4.69, 9.17) is 5.73 Å². The van der Waals surface area contributed by atoms with E-state index < -0.39 is 6.23 Å². The summed E-state index contributed by atoms with van der Waals surface area (Å²) in [6, 6.07) is 9.16. The highest BCUT2D eigenvalue weighted by atomic mass is 16.3. The number of hydrogen-bond donors (Lipinski definition) is 2. The number of aliphatic hydroxyl groups is 1. The number of nitrogen functional groups attached to an aromatic ring is 1. The van der Waals surface area contributed by atoms with Crippen molar-refractivity contribution in [2.75, 3.05) is 36.8 Å². The molecule has 1 unspecified atom stereocenters. The molecule has 0 spiro atoms. The first-order valence-corrected chi connectivity index (χ1v) is 10.3. The second kappa shape index (κ2) is 9.51. The minimum absolute atomic E-state index is 0.467. The Bertz CT molecular complexity index is 1070. The molecule has 4 rings (SSSR count). The van der Waals surface area contributed by atoms with Crippen molar-refractivity contribution in [2.45, 2.75) is 19.6 Å². The fraction of sp³-hybridized carbons (Fsp3) is 0.304. The van der Waals surface area contributed by atoms with Crippen molar-refractivity contribution in [3.05, 3.63) is 71.6 Å². The second-order valence-electron chi connectivity index (χ2n) is 7.25. The van der Waals surface area contributed by atoms with Gasteiger partial charge in [-0.15, -0.1) is 0 Å². The van der Waals surface area contributed by atoms with Crippen molar-refractivity contribution in [1.29, 1.82) is 0 Å². The van der Waals surface area contributed by atoms with Crippen LogP contribution in [0.25, 0.3) is 0 Å². The molecule has 0 bridgehead atoms. The van der Waals surface area contributed by atoms with Crippen LogP contribution >= 0.6 is 0 Å². The normalized spacial score (nSPS) is 15.2. The Kier molecular flexibility index (Phi) is 6.36. The standard InChI is InChI=1S/C23H25N7O/c1-2-19-18(8-6-17-7-9-21(24)26-15-17)22(28-16-27-19)29-11-13-30(14-12-29)23(31)20-5-3-4-10-25-20/h3-5,7,9-10,15-16,23,31H,2,11-14H2,1H3,(H2,24,26). The molecule has 0 amide bonds. The molecule has 1 fully saturated rings. The van der Waals surface area contributed by atoms with Gasteiger partial charge >= 0.3 is 0 Å². The van der Waals surface area contributed by atoms with Crippen molar-refractivity contribution in [2.24, 2.45) is 0 Å². The number of aliphatic hydroxyl groups excluding tert-OH is 1. The van der Waals surface area contributed by atoms with E-state index in [0.29, 0.717) is 24.6 Å². The van der Waals surface area contributed by atoms with Crippen molar-refractivity contribution in [1.82, 2.24) is 24.8 Å². The van der Waals surface area contributed by atoms with E-state index in [-0.39, 0.29) is 0 Å². The van der Waals surface area contributed by atoms with Crippen LogP contribution in [0, 0.1) is 11.8 Å². The van der Waals surface area contributed by atoms with Crippen LogP contribution in [-0.4, -0.2) is 56.1 Å². The fourth-order valence-electron chi connectivity index (χ4n) is 3.56. The summed E-state index contributed by atoms with van der Waals surface area (Å²) in [5.41, 5.74) is 8.86. The van der Waals surface area contributed by atoms with Crippen molar-refractivity contribution in [3.8, 4) is 11.8 Å². The molecular weight excluding hydrogens is 390 g/mol. The van der Waals surface area contributed by atoms with Crippen LogP contribution < -0.4 is 10.6 Å². The Morgan fingerprint density at radius 2 is 1.87 bits per heavy atom. The molecule has 3 aromatic rings. The molecule has 1 aliphatic rings. The maximum atomic E-state index is 10.7. The number of hydrogen-bond acceptors (Lipinski definition) is 8. The molecule has 8 heteroatoms. The third kappa shape index (κ3) is 4.79. The van der Waals surface area contributed by atoms with Gasteiger partial charge in [0.2, 0.25) is 0 Å². The number of aryl methyl sites for hydroxylation is 1. The summed E-state index contributed by atoms with van der Waals surface area (Å²) in [6.07, 6.45) is 5.01. The summed E-state index contributed by atoms with van der Waals surface area (Å²) in [7, 11) is 0. The monoisotopic (exact) mass is 415 g/mol. The van der Waals surface area contributed by atoms with E-state index in [2.05, 4.69) is 43.6 Å². The molecule has 8 nitrogen and oxygen atoms in total. The number of pyridine rings is 2. The quantitative estimate of drug-likeness (QED) is 0.620. The Hall–Kier alpha value is -3.54. The van der Waals surface area contributed by atoms with Gasteiger partial charge < -0.3 is 15.7 Å². The number of nitrogens with two attached hydrogens (primary N) is 1. The van der Waals surface area contributed by atoms with Crippen LogP contribution in [0.2, 0.25) is 0 Å². The van der Waals surface area contributed by atoms with Crippen LogP contribution in [0.5, 0.6) is 0 Å². The zero-order valence-corrected chi connectivity index (χ0v) is 17.4. The molecule has 3 N–H and O–H groups in total. The molecule has 3 aromatic heterocycles.